The quantitative estimate of drug-likeness (QED) is 0.277. The molecule has 5 nitrogen and oxygen atoms in total. The average Bonchev–Trinajstić information content (AvgIpc) is 2.86. The van der Waals surface area contributed by atoms with Crippen LogP contribution in [0.4, 0.5) is 0 Å². The van der Waals surface area contributed by atoms with E-state index in [0.717, 1.165) is 24.2 Å². The Bertz CT molecular complexity index is 906. The van der Waals surface area contributed by atoms with Gasteiger partial charge in [-0.05, 0) is 42.8 Å². The van der Waals surface area contributed by atoms with Crippen molar-refractivity contribution in [2.45, 2.75) is 71.1 Å². The van der Waals surface area contributed by atoms with E-state index in [-0.39, 0.29) is 11.7 Å². The molecule has 3 rings (SSSR count). The molecule has 0 atom stereocenters. The van der Waals surface area contributed by atoms with Gasteiger partial charge in [0.2, 0.25) is 5.91 Å². The largest absolute Gasteiger partial charge is 0.334 e. The molecule has 1 aliphatic rings. The van der Waals surface area contributed by atoms with Gasteiger partial charge < -0.3 is 4.90 Å². The van der Waals surface area contributed by atoms with Crippen molar-refractivity contribution < 1.29 is 9.59 Å². The van der Waals surface area contributed by atoms with Crippen molar-refractivity contribution in [3.8, 4) is 0 Å². The first-order chi connectivity index (χ1) is 16.7. The van der Waals surface area contributed by atoms with Gasteiger partial charge in [0.15, 0.2) is 5.78 Å². The first kappa shape index (κ1) is 25.5. The van der Waals surface area contributed by atoms with Crippen LogP contribution >= 0.6 is 0 Å². The zero-order valence-corrected chi connectivity index (χ0v) is 20.4. The summed E-state index contributed by atoms with van der Waals surface area (Å²) in [5, 5.41) is 0. The van der Waals surface area contributed by atoms with Crippen molar-refractivity contribution in [1.29, 1.82) is 0 Å². The Balaban J connectivity index is 1.60. The Morgan fingerprint density at radius 2 is 1.29 bits per heavy atom. The van der Waals surface area contributed by atoms with Gasteiger partial charge in [-0.15, -0.1) is 0 Å². The molecule has 0 unspecified atom stereocenters. The standard InChI is InChI=1S/C29H37N3O2/c1-2-3-4-5-6-7-8-9-10-17-28(33)32-22-24(20-26-15-11-13-18-30-26)29(34)25(23-32)21-27-16-12-14-19-31-27/h11-16,18-21H,2-10,17,22-23H2,1H3/b24-20+,25-21+. The highest BCUT2D eigenvalue weighted by Crippen LogP contribution is 2.22. The van der Waals surface area contributed by atoms with Gasteiger partial charge >= 0.3 is 0 Å². The van der Waals surface area contributed by atoms with Gasteiger partial charge in [-0.25, -0.2) is 0 Å². The molecular weight excluding hydrogens is 422 g/mol. The minimum atomic E-state index is -0.0385. The number of pyridine rings is 2. The molecule has 0 aliphatic carbocycles. The number of rotatable bonds is 12. The van der Waals surface area contributed by atoms with Gasteiger partial charge in [0, 0.05) is 43.1 Å². The van der Waals surface area contributed by atoms with E-state index in [1.807, 2.05) is 36.4 Å². The molecule has 1 fully saturated rings. The van der Waals surface area contributed by atoms with E-state index in [4.69, 9.17) is 0 Å². The van der Waals surface area contributed by atoms with Crippen LogP contribution < -0.4 is 0 Å². The van der Waals surface area contributed by atoms with E-state index >= 15 is 0 Å². The summed E-state index contributed by atoms with van der Waals surface area (Å²) in [6.45, 7) is 2.89. The molecular formula is C29H37N3O2. The van der Waals surface area contributed by atoms with Crippen molar-refractivity contribution in [2.24, 2.45) is 0 Å². The summed E-state index contributed by atoms with van der Waals surface area (Å²) in [6.07, 6.45) is 18.5. The molecule has 0 N–H and O–H groups in total. The number of likely N-dealkylation sites (tertiary alicyclic amines) is 1. The average molecular weight is 460 g/mol. The van der Waals surface area contributed by atoms with E-state index in [1.54, 1.807) is 29.4 Å². The highest BCUT2D eigenvalue weighted by Gasteiger charge is 2.29. The molecule has 2 aromatic rings. The molecule has 0 spiro atoms. The molecule has 3 heterocycles. The first-order valence-corrected chi connectivity index (χ1v) is 12.7. The summed E-state index contributed by atoms with van der Waals surface area (Å²) in [4.78, 5) is 36.7. The minimum Gasteiger partial charge on any atom is -0.334 e. The molecule has 0 bridgehead atoms. The summed E-state index contributed by atoms with van der Waals surface area (Å²) in [6, 6.07) is 11.2. The van der Waals surface area contributed by atoms with Crippen LogP contribution in [0.2, 0.25) is 0 Å². The van der Waals surface area contributed by atoms with Crippen molar-refractivity contribution in [3.05, 3.63) is 71.3 Å². The minimum absolute atomic E-state index is 0.0385. The molecule has 0 saturated carbocycles. The second-order valence-electron chi connectivity index (χ2n) is 9.01. The lowest BCUT2D eigenvalue weighted by Crippen LogP contribution is -2.41. The summed E-state index contributed by atoms with van der Waals surface area (Å²) in [7, 11) is 0. The number of hydrogen-bond acceptors (Lipinski definition) is 4. The third-order valence-corrected chi connectivity index (χ3v) is 6.17. The van der Waals surface area contributed by atoms with E-state index in [2.05, 4.69) is 16.9 Å². The maximum Gasteiger partial charge on any atom is 0.223 e. The number of ketones is 1. The zero-order valence-electron chi connectivity index (χ0n) is 20.4. The lowest BCUT2D eigenvalue weighted by atomic mass is 9.95. The number of Topliss-reactive ketones (excluding diaryl/α,β-unsaturated/α-hetero) is 1. The summed E-state index contributed by atoms with van der Waals surface area (Å²) >= 11 is 0. The highest BCUT2D eigenvalue weighted by atomic mass is 16.2. The number of nitrogens with zero attached hydrogens (tertiary/aromatic N) is 3. The van der Waals surface area contributed by atoms with Crippen molar-refractivity contribution in [1.82, 2.24) is 14.9 Å². The van der Waals surface area contributed by atoms with Gasteiger partial charge in [-0.1, -0.05) is 70.4 Å². The SMILES string of the molecule is CCCCCCCCCCCC(=O)N1C/C(=C\c2ccccn2)C(=O)/C(=C/c2ccccn2)C1. The fraction of sp³-hybridized carbons (Fsp3) is 0.448. The van der Waals surface area contributed by atoms with Crippen LogP contribution in [0, 0.1) is 0 Å². The summed E-state index contributed by atoms with van der Waals surface area (Å²) in [5.74, 6) is 0.0673. The zero-order chi connectivity index (χ0) is 24.0. The van der Waals surface area contributed by atoms with E-state index in [0.29, 0.717) is 30.7 Å². The fourth-order valence-electron chi connectivity index (χ4n) is 4.24. The van der Waals surface area contributed by atoms with Crippen LogP contribution in [-0.2, 0) is 9.59 Å². The number of piperidine rings is 1. The molecule has 2 aromatic heterocycles. The molecule has 0 radical (unpaired) electrons. The van der Waals surface area contributed by atoms with E-state index in [1.165, 1.54) is 44.9 Å². The van der Waals surface area contributed by atoms with Crippen LogP contribution in [0.25, 0.3) is 12.2 Å². The maximum atomic E-state index is 13.2. The smallest absolute Gasteiger partial charge is 0.223 e. The van der Waals surface area contributed by atoms with Crippen LogP contribution in [0.5, 0.6) is 0 Å². The van der Waals surface area contributed by atoms with Crippen LogP contribution in [0.15, 0.2) is 59.9 Å². The number of carbonyl (C=O) groups excluding carboxylic acids is 2. The Labute approximate surface area is 204 Å². The maximum absolute atomic E-state index is 13.2. The molecule has 1 saturated heterocycles. The first-order valence-electron chi connectivity index (χ1n) is 12.7. The normalized spacial score (nSPS) is 16.4. The molecule has 34 heavy (non-hydrogen) atoms. The van der Waals surface area contributed by atoms with Gasteiger partial charge in [-0.3, -0.25) is 19.6 Å². The second-order valence-corrected chi connectivity index (χ2v) is 9.01. The molecule has 180 valence electrons. The number of unbranched alkanes of at least 4 members (excludes halogenated alkanes) is 8. The van der Waals surface area contributed by atoms with Gasteiger partial charge in [0.1, 0.15) is 0 Å². The number of aromatic nitrogens is 2. The van der Waals surface area contributed by atoms with Gasteiger partial charge in [0.25, 0.3) is 0 Å². The molecule has 0 aromatic carbocycles. The summed E-state index contributed by atoms with van der Waals surface area (Å²) in [5.41, 5.74) is 2.62. The van der Waals surface area contributed by atoms with Crippen LogP contribution in [0.3, 0.4) is 0 Å². The lowest BCUT2D eigenvalue weighted by molar-refractivity contribution is -0.131. The molecule has 1 amide bonds. The van der Waals surface area contributed by atoms with Gasteiger partial charge in [-0.2, -0.15) is 0 Å². The van der Waals surface area contributed by atoms with Crippen molar-refractivity contribution in [3.63, 3.8) is 0 Å². The third kappa shape index (κ3) is 8.36. The Hall–Kier alpha value is -3.08. The predicted octanol–water partition coefficient (Wildman–Crippen LogP) is 6.28. The Morgan fingerprint density at radius 3 is 1.76 bits per heavy atom. The fourth-order valence-corrected chi connectivity index (χ4v) is 4.24. The molecule has 5 heteroatoms. The monoisotopic (exact) mass is 459 g/mol. The topological polar surface area (TPSA) is 63.2 Å². The number of amides is 1. The van der Waals surface area contributed by atoms with E-state index < -0.39 is 0 Å². The number of hydrogen-bond donors (Lipinski definition) is 0. The van der Waals surface area contributed by atoms with Crippen LogP contribution in [0.1, 0.15) is 82.5 Å². The Kier molecular flexibility index (Phi) is 10.7. The summed E-state index contributed by atoms with van der Waals surface area (Å²) < 4.78 is 0. The number of carbonyl (C=O) groups is 2. The predicted molar refractivity (Wildman–Crippen MR) is 138 cm³/mol. The van der Waals surface area contributed by atoms with Crippen LogP contribution in [-0.4, -0.2) is 39.6 Å². The lowest BCUT2D eigenvalue weighted by Gasteiger charge is -2.30. The van der Waals surface area contributed by atoms with Crippen molar-refractivity contribution in [2.75, 3.05) is 13.1 Å². The van der Waals surface area contributed by atoms with Gasteiger partial charge in [0.05, 0.1) is 11.4 Å². The molecule has 1 aliphatic heterocycles. The Morgan fingerprint density at radius 1 is 0.794 bits per heavy atom. The second kappa shape index (κ2) is 14.2. The van der Waals surface area contributed by atoms with E-state index in [9.17, 15) is 9.59 Å². The highest BCUT2D eigenvalue weighted by molar-refractivity contribution is 6.15. The third-order valence-electron chi connectivity index (χ3n) is 6.17. The van der Waals surface area contributed by atoms with Crippen molar-refractivity contribution >= 4 is 23.8 Å².